The number of amides is 4. The molecule has 4 amide bonds. The number of hydrogen-bond donors (Lipinski definition) is 0. The fraction of sp³-hybridized carbons (Fsp3) is 0.812. The molecule has 0 aromatic rings. The Morgan fingerprint density at radius 2 is 1.95 bits per heavy atom. The molecule has 1 aliphatic heterocycles. The minimum absolute atomic E-state index is 0.117. The zero-order valence-electron chi connectivity index (χ0n) is 13.9. The van der Waals surface area contributed by atoms with Crippen LogP contribution in [0.2, 0.25) is 0 Å². The number of hydrogen-bond acceptors (Lipinski definition) is 3. The van der Waals surface area contributed by atoms with Gasteiger partial charge in [0.1, 0.15) is 6.54 Å². The second-order valence-electron chi connectivity index (χ2n) is 6.62. The quantitative estimate of drug-likeness (QED) is 0.726. The average molecular weight is 309 g/mol. The van der Waals surface area contributed by atoms with Crippen molar-refractivity contribution >= 4 is 17.8 Å². The van der Waals surface area contributed by atoms with Crippen molar-refractivity contribution in [2.45, 2.75) is 51.5 Å². The Labute approximate surface area is 132 Å². The largest absolute Gasteiger partial charge is 0.343 e. The maximum atomic E-state index is 12.3. The van der Waals surface area contributed by atoms with Crippen molar-refractivity contribution in [3.05, 3.63) is 0 Å². The molecule has 124 valence electrons. The van der Waals surface area contributed by atoms with Gasteiger partial charge < -0.3 is 9.80 Å². The SMILES string of the molecule is CC1CCCCC1N(C)C(=O)CCCN1C(=O)CN(C)C1=O. The summed E-state index contributed by atoms with van der Waals surface area (Å²) >= 11 is 0. The van der Waals surface area contributed by atoms with Crippen LogP contribution in [0.15, 0.2) is 0 Å². The van der Waals surface area contributed by atoms with E-state index in [9.17, 15) is 14.4 Å². The molecule has 0 aromatic heterocycles. The van der Waals surface area contributed by atoms with Crippen LogP contribution in [0.4, 0.5) is 4.79 Å². The van der Waals surface area contributed by atoms with E-state index in [1.807, 2.05) is 11.9 Å². The Bertz CT molecular complexity index is 452. The van der Waals surface area contributed by atoms with Crippen LogP contribution in [0.3, 0.4) is 0 Å². The summed E-state index contributed by atoms with van der Waals surface area (Å²) in [6.45, 7) is 2.69. The van der Waals surface area contributed by atoms with Gasteiger partial charge in [-0.15, -0.1) is 0 Å². The topological polar surface area (TPSA) is 60.9 Å². The van der Waals surface area contributed by atoms with Gasteiger partial charge in [-0.3, -0.25) is 14.5 Å². The maximum absolute atomic E-state index is 12.3. The Kier molecular flexibility index (Phi) is 5.42. The number of likely N-dealkylation sites (N-methyl/N-ethyl adjacent to an activating group) is 1. The molecule has 2 unspecified atom stereocenters. The second kappa shape index (κ2) is 7.11. The van der Waals surface area contributed by atoms with Crippen LogP contribution in [-0.2, 0) is 9.59 Å². The summed E-state index contributed by atoms with van der Waals surface area (Å²) in [7, 11) is 3.50. The van der Waals surface area contributed by atoms with Crippen LogP contribution in [0.5, 0.6) is 0 Å². The predicted octanol–water partition coefficient (Wildman–Crippen LogP) is 1.70. The number of rotatable bonds is 5. The third-order valence-corrected chi connectivity index (χ3v) is 4.96. The normalized spacial score (nSPS) is 25.8. The molecule has 2 fully saturated rings. The predicted molar refractivity (Wildman–Crippen MR) is 83.2 cm³/mol. The van der Waals surface area contributed by atoms with Gasteiger partial charge in [-0.25, -0.2) is 4.79 Å². The van der Waals surface area contributed by atoms with Gasteiger partial charge >= 0.3 is 6.03 Å². The van der Waals surface area contributed by atoms with E-state index in [1.165, 1.54) is 29.1 Å². The van der Waals surface area contributed by atoms with E-state index in [4.69, 9.17) is 0 Å². The molecular weight excluding hydrogens is 282 g/mol. The van der Waals surface area contributed by atoms with Crippen molar-refractivity contribution in [2.75, 3.05) is 27.2 Å². The lowest BCUT2D eigenvalue weighted by atomic mass is 9.85. The van der Waals surface area contributed by atoms with Crippen molar-refractivity contribution in [2.24, 2.45) is 5.92 Å². The summed E-state index contributed by atoms with van der Waals surface area (Å²) < 4.78 is 0. The van der Waals surface area contributed by atoms with Gasteiger partial charge in [0.2, 0.25) is 11.8 Å². The lowest BCUT2D eigenvalue weighted by Crippen LogP contribution is -2.43. The van der Waals surface area contributed by atoms with Crippen molar-refractivity contribution < 1.29 is 14.4 Å². The average Bonchev–Trinajstić information content (AvgIpc) is 2.73. The van der Waals surface area contributed by atoms with Gasteiger partial charge in [0, 0.05) is 33.1 Å². The standard InChI is InChI=1S/C16H27N3O3/c1-12-7-4-5-8-13(12)18(3)14(20)9-6-10-19-15(21)11-17(2)16(19)22/h12-13H,4-11H2,1-3H3. The van der Waals surface area contributed by atoms with E-state index in [0.717, 1.165) is 6.42 Å². The molecule has 0 N–H and O–H groups in total. The van der Waals surface area contributed by atoms with Crippen molar-refractivity contribution in [1.29, 1.82) is 0 Å². The van der Waals surface area contributed by atoms with Crippen LogP contribution in [-0.4, -0.2) is 65.8 Å². The first-order valence-electron chi connectivity index (χ1n) is 8.23. The van der Waals surface area contributed by atoms with E-state index >= 15 is 0 Å². The first kappa shape index (κ1) is 16.8. The van der Waals surface area contributed by atoms with Gasteiger partial charge in [0.25, 0.3) is 0 Å². The van der Waals surface area contributed by atoms with Crippen LogP contribution in [0.25, 0.3) is 0 Å². The third kappa shape index (κ3) is 3.59. The fourth-order valence-corrected chi connectivity index (χ4v) is 3.51. The number of carbonyl (C=O) groups excluding carboxylic acids is 3. The lowest BCUT2D eigenvalue weighted by Gasteiger charge is -2.36. The monoisotopic (exact) mass is 309 g/mol. The zero-order valence-corrected chi connectivity index (χ0v) is 13.9. The van der Waals surface area contributed by atoms with Gasteiger partial charge in [0.15, 0.2) is 0 Å². The third-order valence-electron chi connectivity index (χ3n) is 4.96. The molecule has 0 spiro atoms. The smallest absolute Gasteiger partial charge is 0.326 e. The molecule has 0 aromatic carbocycles. The van der Waals surface area contributed by atoms with Crippen LogP contribution >= 0.6 is 0 Å². The molecule has 22 heavy (non-hydrogen) atoms. The molecule has 1 heterocycles. The Morgan fingerprint density at radius 1 is 1.27 bits per heavy atom. The first-order valence-corrected chi connectivity index (χ1v) is 8.23. The highest BCUT2D eigenvalue weighted by atomic mass is 16.2. The fourth-order valence-electron chi connectivity index (χ4n) is 3.51. The Hall–Kier alpha value is -1.59. The van der Waals surface area contributed by atoms with Gasteiger partial charge in [-0.1, -0.05) is 19.8 Å². The molecular formula is C16H27N3O3. The lowest BCUT2D eigenvalue weighted by molar-refractivity contribution is -0.134. The first-order chi connectivity index (χ1) is 10.4. The number of urea groups is 1. The zero-order chi connectivity index (χ0) is 16.3. The highest BCUT2D eigenvalue weighted by Crippen LogP contribution is 2.27. The highest BCUT2D eigenvalue weighted by Gasteiger charge is 2.33. The molecule has 1 saturated carbocycles. The second-order valence-corrected chi connectivity index (χ2v) is 6.62. The molecule has 2 atom stereocenters. The van der Waals surface area contributed by atoms with Crippen molar-refractivity contribution in [3.63, 3.8) is 0 Å². The molecule has 1 aliphatic carbocycles. The molecule has 1 saturated heterocycles. The van der Waals surface area contributed by atoms with Gasteiger partial charge in [-0.2, -0.15) is 0 Å². The van der Waals surface area contributed by atoms with Crippen LogP contribution in [0, 0.1) is 5.92 Å². The van der Waals surface area contributed by atoms with Gasteiger partial charge in [-0.05, 0) is 25.2 Å². The van der Waals surface area contributed by atoms with Gasteiger partial charge in [0.05, 0.1) is 0 Å². The van der Waals surface area contributed by atoms with Crippen molar-refractivity contribution in [3.8, 4) is 0 Å². The minimum Gasteiger partial charge on any atom is -0.343 e. The summed E-state index contributed by atoms with van der Waals surface area (Å²) in [6, 6.07) is 0.0779. The Morgan fingerprint density at radius 3 is 2.55 bits per heavy atom. The van der Waals surface area contributed by atoms with E-state index in [1.54, 1.807) is 7.05 Å². The maximum Gasteiger partial charge on any atom is 0.326 e. The van der Waals surface area contributed by atoms with Crippen LogP contribution in [0.1, 0.15) is 45.4 Å². The molecule has 2 rings (SSSR count). The molecule has 2 aliphatic rings. The summed E-state index contributed by atoms with van der Waals surface area (Å²) in [4.78, 5) is 40.3. The summed E-state index contributed by atoms with van der Waals surface area (Å²) in [5.41, 5.74) is 0. The summed E-state index contributed by atoms with van der Waals surface area (Å²) in [6.07, 6.45) is 5.64. The van der Waals surface area contributed by atoms with E-state index in [-0.39, 0.29) is 24.4 Å². The van der Waals surface area contributed by atoms with E-state index in [0.29, 0.717) is 31.3 Å². The number of imide groups is 1. The molecule has 6 heteroatoms. The van der Waals surface area contributed by atoms with Crippen molar-refractivity contribution in [1.82, 2.24) is 14.7 Å². The minimum atomic E-state index is -0.258. The van der Waals surface area contributed by atoms with E-state index < -0.39 is 0 Å². The Balaban J connectivity index is 1.78. The molecule has 6 nitrogen and oxygen atoms in total. The highest BCUT2D eigenvalue weighted by molar-refractivity contribution is 6.01. The molecule has 0 bridgehead atoms. The molecule has 0 radical (unpaired) electrons. The summed E-state index contributed by atoms with van der Waals surface area (Å²) in [5.74, 6) is 0.499. The van der Waals surface area contributed by atoms with E-state index in [2.05, 4.69) is 6.92 Å². The van der Waals surface area contributed by atoms with Crippen LogP contribution < -0.4 is 0 Å². The number of nitrogens with zero attached hydrogens (tertiary/aromatic N) is 3. The number of carbonyl (C=O) groups is 3. The summed E-state index contributed by atoms with van der Waals surface area (Å²) in [5, 5.41) is 0.